The summed E-state index contributed by atoms with van der Waals surface area (Å²) >= 11 is 0. The highest BCUT2D eigenvalue weighted by atomic mass is 16.7. The maximum atomic E-state index is 14.6. The molecule has 4 fully saturated rings. The van der Waals surface area contributed by atoms with Gasteiger partial charge in [0.05, 0.1) is 36.4 Å². The van der Waals surface area contributed by atoms with Crippen LogP contribution in [0.5, 0.6) is 0 Å². The summed E-state index contributed by atoms with van der Waals surface area (Å²) in [5.74, 6) is -0.582. The molecule has 0 spiro atoms. The molecule has 0 radical (unpaired) electrons. The van der Waals surface area contributed by atoms with E-state index in [2.05, 4.69) is 18.2 Å². The molecule has 2 N–H and O–H groups in total. The van der Waals surface area contributed by atoms with Crippen molar-refractivity contribution in [3.63, 3.8) is 0 Å². The van der Waals surface area contributed by atoms with E-state index in [1.165, 1.54) is 0 Å². The molecule has 52 heavy (non-hydrogen) atoms. The van der Waals surface area contributed by atoms with Gasteiger partial charge in [-0.2, -0.15) is 0 Å². The number of rotatable bonds is 8. The number of aliphatic hydroxyl groups excluding tert-OH is 1. The van der Waals surface area contributed by atoms with Gasteiger partial charge in [-0.3, -0.25) is 9.59 Å². The summed E-state index contributed by atoms with van der Waals surface area (Å²) in [6.45, 7) is 9.18. The van der Waals surface area contributed by atoms with Gasteiger partial charge in [0.25, 0.3) is 0 Å². The van der Waals surface area contributed by atoms with Crippen LogP contribution in [0, 0.1) is 35.5 Å². The van der Waals surface area contributed by atoms with Gasteiger partial charge >= 0.3 is 5.97 Å². The van der Waals surface area contributed by atoms with E-state index in [1.807, 2.05) is 20.8 Å². The van der Waals surface area contributed by atoms with Gasteiger partial charge in [-0.15, -0.1) is 0 Å². The standard InChI is InChI=1S/C40H62O12/c1-9-24-11-10-12-31(52-33-19-40(5,44)38(43)22(4)48-33)20(2)34(42)30-17-28-26(29(30)18-32(41)50-24)14-13-23-15-25(16-27(23)28)51-39-37(47-8)36(46-7)35(45-6)21(3)49-39/h13-14,17,20-29,31,33,35-39,43-44H,9-12,15-16,18-19H2,1-8H3/t20-,21+,22+,23-,24+,25-,26-,27-,28-,29+,31+,33+,35+,36-,37-,38+,39+,40-/m1/s1. The molecule has 0 aromatic carbocycles. The number of Topliss-reactive ketones (excluding diaryl/α,β-unsaturated/α-hetero) is 1. The Bertz CT molecular complexity index is 1320. The fraction of sp³-hybridized carbons (Fsp3) is 0.850. The SMILES string of the molecule is CC[C@H]1CCC[C@H](O[C@H]2C[C@@](C)(O)[C@@H](O)[C@H](C)O2)[C@@H](C)C(=O)C2=C[C@@H]3[C@@H](C=C[C@@H]4C[C@@H](O[C@@H]5O[C@@H](C)[C@H](OC)[C@@H](OC)[C@H]5OC)C[C@@H]34)[C@@H]2CC(=O)O1. The molecule has 18 atom stereocenters. The largest absolute Gasteiger partial charge is 0.462 e. The Labute approximate surface area is 308 Å². The van der Waals surface area contributed by atoms with Crippen molar-refractivity contribution in [2.24, 2.45) is 35.5 Å². The van der Waals surface area contributed by atoms with Crippen molar-refractivity contribution in [1.82, 2.24) is 0 Å². The summed E-state index contributed by atoms with van der Waals surface area (Å²) in [4.78, 5) is 28.1. The highest BCUT2D eigenvalue weighted by molar-refractivity contribution is 5.99. The predicted molar refractivity (Wildman–Crippen MR) is 189 cm³/mol. The zero-order valence-corrected chi connectivity index (χ0v) is 32.2. The first kappa shape index (κ1) is 39.9. The molecule has 0 unspecified atom stereocenters. The Kier molecular flexibility index (Phi) is 12.7. The molecule has 3 aliphatic heterocycles. The summed E-state index contributed by atoms with van der Waals surface area (Å²) in [5.41, 5.74) is -0.707. The number of carbonyl (C=O) groups is 2. The summed E-state index contributed by atoms with van der Waals surface area (Å²) in [6, 6.07) is 0. The fourth-order valence-corrected chi connectivity index (χ4v) is 10.1. The third-order valence-corrected chi connectivity index (χ3v) is 13.0. The van der Waals surface area contributed by atoms with E-state index in [4.69, 9.17) is 37.9 Å². The zero-order valence-electron chi connectivity index (χ0n) is 32.2. The number of ether oxygens (including phenoxy) is 8. The first-order valence-corrected chi connectivity index (χ1v) is 19.5. The van der Waals surface area contributed by atoms with Crippen molar-refractivity contribution in [2.45, 2.75) is 159 Å². The van der Waals surface area contributed by atoms with Crippen molar-refractivity contribution < 1.29 is 57.7 Å². The molecule has 294 valence electrons. The molecule has 3 aliphatic carbocycles. The first-order chi connectivity index (χ1) is 24.8. The van der Waals surface area contributed by atoms with Gasteiger partial charge in [-0.1, -0.05) is 32.1 Å². The second kappa shape index (κ2) is 16.5. The number of ketones is 1. The van der Waals surface area contributed by atoms with Crippen molar-refractivity contribution in [3.05, 3.63) is 23.8 Å². The number of methoxy groups -OCH3 is 3. The Morgan fingerprint density at radius 1 is 0.904 bits per heavy atom. The van der Waals surface area contributed by atoms with Crippen LogP contribution >= 0.6 is 0 Å². The van der Waals surface area contributed by atoms with Gasteiger partial charge in [-0.05, 0) is 88.5 Å². The fourth-order valence-electron chi connectivity index (χ4n) is 10.1. The number of fused-ring (bicyclic) bond motifs is 5. The third kappa shape index (κ3) is 7.97. The van der Waals surface area contributed by atoms with Crippen molar-refractivity contribution in [1.29, 1.82) is 0 Å². The molecule has 12 nitrogen and oxygen atoms in total. The van der Waals surface area contributed by atoms with E-state index in [0.29, 0.717) is 31.3 Å². The normalized spacial score (nSPS) is 48.5. The average Bonchev–Trinajstić information content (AvgIpc) is 3.69. The first-order valence-electron chi connectivity index (χ1n) is 19.5. The van der Waals surface area contributed by atoms with Gasteiger partial charge < -0.3 is 48.1 Å². The van der Waals surface area contributed by atoms with Crippen LogP contribution in [0.2, 0.25) is 0 Å². The number of carbonyl (C=O) groups excluding carboxylic acids is 2. The smallest absolute Gasteiger partial charge is 0.306 e. The van der Waals surface area contributed by atoms with Crippen LogP contribution in [0.15, 0.2) is 23.8 Å². The second-order valence-electron chi connectivity index (χ2n) is 16.4. The minimum Gasteiger partial charge on any atom is -0.462 e. The van der Waals surface area contributed by atoms with Crippen LogP contribution in [-0.2, 0) is 47.5 Å². The minimum absolute atomic E-state index is 0.0155. The lowest BCUT2D eigenvalue weighted by atomic mass is 9.70. The number of hydrogen-bond acceptors (Lipinski definition) is 12. The van der Waals surface area contributed by atoms with Gasteiger partial charge in [0.1, 0.15) is 30.5 Å². The van der Waals surface area contributed by atoms with E-state index in [0.717, 1.165) is 12.8 Å². The van der Waals surface area contributed by atoms with Crippen LogP contribution in [0.4, 0.5) is 0 Å². The Balaban J connectivity index is 1.22. The van der Waals surface area contributed by atoms with Crippen LogP contribution < -0.4 is 0 Å². The van der Waals surface area contributed by atoms with Crippen molar-refractivity contribution in [2.75, 3.05) is 21.3 Å². The van der Waals surface area contributed by atoms with E-state index in [9.17, 15) is 19.8 Å². The molecule has 6 rings (SSSR count). The Hall–Kier alpha value is -1.74. The molecule has 0 aromatic heterocycles. The lowest BCUT2D eigenvalue weighted by molar-refractivity contribution is -0.314. The highest BCUT2D eigenvalue weighted by Gasteiger charge is 2.53. The van der Waals surface area contributed by atoms with Crippen LogP contribution in [0.1, 0.15) is 86.0 Å². The number of aliphatic hydroxyl groups is 2. The average molecular weight is 735 g/mol. The summed E-state index contributed by atoms with van der Waals surface area (Å²) in [6.07, 6.45) is 5.85. The van der Waals surface area contributed by atoms with Gasteiger partial charge in [0.15, 0.2) is 18.4 Å². The predicted octanol–water partition coefficient (Wildman–Crippen LogP) is 4.28. The molecule has 0 amide bonds. The minimum atomic E-state index is -1.38. The number of hydrogen-bond donors (Lipinski definition) is 2. The molecule has 0 bridgehead atoms. The molecular weight excluding hydrogens is 672 g/mol. The van der Waals surface area contributed by atoms with Gasteiger partial charge in [0.2, 0.25) is 0 Å². The molecular formula is C40H62O12. The monoisotopic (exact) mass is 734 g/mol. The molecule has 0 aromatic rings. The third-order valence-electron chi connectivity index (χ3n) is 13.0. The van der Waals surface area contributed by atoms with Crippen LogP contribution in [-0.4, -0.2) is 116 Å². The molecule has 6 aliphatic rings. The Morgan fingerprint density at radius 3 is 2.31 bits per heavy atom. The van der Waals surface area contributed by atoms with E-state index in [-0.39, 0.29) is 84.7 Å². The molecule has 1 saturated carbocycles. The quantitative estimate of drug-likeness (QED) is 0.271. The Morgan fingerprint density at radius 2 is 1.63 bits per heavy atom. The van der Waals surface area contributed by atoms with Crippen molar-refractivity contribution in [3.8, 4) is 0 Å². The van der Waals surface area contributed by atoms with Gasteiger partial charge in [0, 0.05) is 39.6 Å². The second-order valence-corrected chi connectivity index (χ2v) is 16.4. The van der Waals surface area contributed by atoms with Crippen molar-refractivity contribution >= 4 is 11.8 Å². The summed E-state index contributed by atoms with van der Waals surface area (Å²) in [5, 5.41) is 21.4. The summed E-state index contributed by atoms with van der Waals surface area (Å²) < 4.78 is 48.8. The van der Waals surface area contributed by atoms with E-state index < -0.39 is 48.5 Å². The number of allylic oxidation sites excluding steroid dienone is 4. The molecule has 12 heteroatoms. The van der Waals surface area contributed by atoms with Crippen LogP contribution in [0.25, 0.3) is 0 Å². The highest BCUT2D eigenvalue weighted by Crippen LogP contribution is 2.54. The zero-order chi connectivity index (χ0) is 37.5. The van der Waals surface area contributed by atoms with E-state index in [1.54, 1.807) is 35.2 Å². The topological polar surface area (TPSA) is 148 Å². The lowest BCUT2D eigenvalue weighted by Gasteiger charge is -2.44. The van der Waals surface area contributed by atoms with Gasteiger partial charge in [-0.25, -0.2) is 0 Å². The molecule has 3 saturated heterocycles. The molecule has 3 heterocycles. The lowest BCUT2D eigenvalue weighted by Crippen LogP contribution is -2.59. The maximum absolute atomic E-state index is 14.6. The number of esters is 1. The van der Waals surface area contributed by atoms with E-state index >= 15 is 0 Å². The van der Waals surface area contributed by atoms with Crippen LogP contribution in [0.3, 0.4) is 0 Å². The summed E-state index contributed by atoms with van der Waals surface area (Å²) in [7, 11) is 4.92. The number of cyclic esters (lactones) is 1. The maximum Gasteiger partial charge on any atom is 0.306 e.